The number of anilines is 1. The lowest BCUT2D eigenvalue weighted by Crippen LogP contribution is -2.41. The first kappa shape index (κ1) is 9.54. The number of carbonyl (C=O) groups excluding carboxylic acids is 1. The number of amides is 1. The number of aromatic nitrogens is 1. The summed E-state index contributed by atoms with van der Waals surface area (Å²) in [5, 5.41) is 4.81. The highest BCUT2D eigenvalue weighted by molar-refractivity contribution is 7.81. The zero-order valence-electron chi connectivity index (χ0n) is 6.71. The molecule has 0 aliphatic carbocycles. The van der Waals surface area contributed by atoms with Crippen LogP contribution in [0.1, 0.15) is 10.4 Å². The predicted molar refractivity (Wildman–Crippen MR) is 53.1 cm³/mol. The number of thiol groups is 1. The second-order valence-electron chi connectivity index (χ2n) is 2.67. The number of halogens is 2. The van der Waals surface area contributed by atoms with Gasteiger partial charge in [-0.2, -0.15) is 0 Å². The van der Waals surface area contributed by atoms with Crippen molar-refractivity contribution in [1.29, 1.82) is 0 Å². The van der Waals surface area contributed by atoms with Gasteiger partial charge in [-0.15, -0.1) is 12.6 Å². The van der Waals surface area contributed by atoms with Crippen molar-refractivity contribution in [3.8, 4) is 0 Å². The third kappa shape index (κ3) is 1.40. The number of rotatable bonds is 0. The zero-order chi connectivity index (χ0) is 10.3. The molecular weight excluding hydrogens is 229 g/mol. The molecule has 4 nitrogen and oxygen atoms in total. The lowest BCUT2D eigenvalue weighted by molar-refractivity contribution is 0.0947. The molecule has 2 N–H and O–H groups in total. The molecule has 0 spiro atoms. The highest BCUT2D eigenvalue weighted by Gasteiger charge is 2.25. The van der Waals surface area contributed by atoms with Crippen LogP contribution in [0.3, 0.4) is 0 Å². The Labute approximate surface area is 89.3 Å². The fourth-order valence-corrected chi connectivity index (χ4v) is 1.54. The van der Waals surface area contributed by atoms with Gasteiger partial charge in [-0.1, -0.05) is 11.6 Å². The first-order valence-electron chi connectivity index (χ1n) is 3.69. The van der Waals surface area contributed by atoms with E-state index in [1.54, 1.807) is 0 Å². The zero-order valence-corrected chi connectivity index (χ0v) is 8.36. The first-order valence-corrected chi connectivity index (χ1v) is 4.58. The minimum atomic E-state index is -0.738. The Morgan fingerprint density at radius 3 is 3.00 bits per heavy atom. The van der Waals surface area contributed by atoms with Gasteiger partial charge in [0.25, 0.3) is 5.91 Å². The van der Waals surface area contributed by atoms with Crippen molar-refractivity contribution in [2.75, 3.05) is 5.32 Å². The quantitative estimate of drug-likeness (QED) is 0.467. The second-order valence-corrected chi connectivity index (χ2v) is 3.55. The van der Waals surface area contributed by atoms with Crippen molar-refractivity contribution in [3.63, 3.8) is 0 Å². The van der Waals surface area contributed by atoms with E-state index in [1.165, 1.54) is 6.20 Å². The van der Waals surface area contributed by atoms with Gasteiger partial charge >= 0.3 is 0 Å². The maximum absolute atomic E-state index is 13.4. The number of hydrogen-bond donors (Lipinski definition) is 3. The molecule has 7 heteroatoms. The summed E-state index contributed by atoms with van der Waals surface area (Å²) in [5.41, 5.74) is -0.464. The molecule has 0 saturated heterocycles. The molecule has 2 heterocycles. The summed E-state index contributed by atoms with van der Waals surface area (Å²) in [7, 11) is 0. The number of pyridine rings is 1. The molecule has 1 unspecified atom stereocenters. The highest BCUT2D eigenvalue weighted by Crippen LogP contribution is 2.27. The molecule has 0 aromatic carbocycles. The van der Waals surface area contributed by atoms with Gasteiger partial charge in [-0.3, -0.25) is 4.79 Å². The first-order chi connectivity index (χ1) is 6.59. The Kier molecular flexibility index (Phi) is 2.24. The van der Waals surface area contributed by atoms with E-state index in [0.29, 0.717) is 0 Å². The average molecular weight is 234 g/mol. The smallest absolute Gasteiger partial charge is 0.257 e. The largest absolute Gasteiger partial charge is 0.354 e. The summed E-state index contributed by atoms with van der Waals surface area (Å²) in [6.45, 7) is 0. The second kappa shape index (κ2) is 3.29. The predicted octanol–water partition coefficient (Wildman–Crippen LogP) is 1.24. The third-order valence-electron chi connectivity index (χ3n) is 1.77. The van der Waals surface area contributed by atoms with Crippen LogP contribution in [0.5, 0.6) is 0 Å². The molecule has 1 aliphatic rings. The van der Waals surface area contributed by atoms with Gasteiger partial charge in [0.1, 0.15) is 5.50 Å². The van der Waals surface area contributed by atoms with Crippen LogP contribution in [0.25, 0.3) is 0 Å². The van der Waals surface area contributed by atoms with Crippen LogP contribution in [0.15, 0.2) is 6.20 Å². The van der Waals surface area contributed by atoms with Gasteiger partial charge in [-0.05, 0) is 0 Å². The van der Waals surface area contributed by atoms with E-state index in [2.05, 4.69) is 28.2 Å². The Morgan fingerprint density at radius 2 is 2.29 bits per heavy atom. The molecule has 1 aromatic rings. The Hall–Kier alpha value is -1.01. The van der Waals surface area contributed by atoms with Crippen LogP contribution in [0.2, 0.25) is 5.15 Å². The van der Waals surface area contributed by atoms with Crippen LogP contribution < -0.4 is 10.6 Å². The standard InChI is InChI=1S/C7H5ClFN3OS/c8-5-3(9)4-2(1-10-5)6(13)12-7(14)11-4/h1,7,11,14H,(H,12,13). The van der Waals surface area contributed by atoms with E-state index in [0.717, 1.165) is 0 Å². The van der Waals surface area contributed by atoms with Crippen LogP contribution in [0.4, 0.5) is 10.1 Å². The maximum Gasteiger partial charge on any atom is 0.257 e. The minimum absolute atomic E-state index is 0.0359. The number of carbonyl (C=O) groups is 1. The van der Waals surface area contributed by atoms with Gasteiger partial charge in [0.15, 0.2) is 11.0 Å². The molecule has 0 fully saturated rings. The van der Waals surface area contributed by atoms with Gasteiger partial charge in [0, 0.05) is 6.20 Å². The van der Waals surface area contributed by atoms with E-state index in [1.807, 2.05) is 0 Å². The van der Waals surface area contributed by atoms with E-state index >= 15 is 0 Å². The van der Waals surface area contributed by atoms with E-state index in [4.69, 9.17) is 11.6 Å². The van der Waals surface area contributed by atoms with E-state index in [-0.39, 0.29) is 16.4 Å². The molecule has 0 radical (unpaired) electrons. The van der Waals surface area contributed by atoms with Crippen LogP contribution in [-0.4, -0.2) is 16.4 Å². The van der Waals surface area contributed by atoms with Crippen LogP contribution >= 0.6 is 24.2 Å². The molecule has 0 bridgehead atoms. The number of nitrogens with one attached hydrogen (secondary N) is 2. The Morgan fingerprint density at radius 1 is 1.57 bits per heavy atom. The van der Waals surface area contributed by atoms with Crippen LogP contribution in [0, 0.1) is 5.82 Å². The molecule has 74 valence electrons. The Bertz CT molecular complexity index is 414. The summed E-state index contributed by atoms with van der Waals surface area (Å²) < 4.78 is 13.4. The van der Waals surface area contributed by atoms with Gasteiger partial charge < -0.3 is 10.6 Å². The molecular formula is C7H5ClFN3OS. The summed E-state index contributed by atoms with van der Waals surface area (Å²) in [5.74, 6) is -1.17. The molecule has 1 aromatic heterocycles. The number of nitrogens with zero attached hydrogens (tertiary/aromatic N) is 1. The van der Waals surface area contributed by atoms with Gasteiger partial charge in [-0.25, -0.2) is 9.37 Å². The third-order valence-corrected chi connectivity index (χ3v) is 2.29. The monoisotopic (exact) mass is 233 g/mol. The fraction of sp³-hybridized carbons (Fsp3) is 0.143. The molecule has 14 heavy (non-hydrogen) atoms. The van der Waals surface area contributed by atoms with Crippen LogP contribution in [-0.2, 0) is 0 Å². The van der Waals surface area contributed by atoms with Crippen molar-refractivity contribution in [1.82, 2.24) is 10.3 Å². The van der Waals surface area contributed by atoms with Crippen molar-refractivity contribution in [2.24, 2.45) is 0 Å². The summed E-state index contributed by atoms with van der Waals surface area (Å²) in [6, 6.07) is 0. The summed E-state index contributed by atoms with van der Waals surface area (Å²) in [4.78, 5) is 14.8. The maximum atomic E-state index is 13.4. The average Bonchev–Trinajstić information content (AvgIpc) is 2.12. The lowest BCUT2D eigenvalue weighted by Gasteiger charge is -2.24. The highest BCUT2D eigenvalue weighted by atomic mass is 35.5. The van der Waals surface area contributed by atoms with E-state index < -0.39 is 17.2 Å². The van der Waals surface area contributed by atoms with Gasteiger partial charge in [0.2, 0.25) is 0 Å². The summed E-state index contributed by atoms with van der Waals surface area (Å²) in [6.07, 6.45) is 1.21. The van der Waals surface area contributed by atoms with Crippen molar-refractivity contribution >= 4 is 35.8 Å². The normalized spacial score (nSPS) is 19.6. The fourth-order valence-electron chi connectivity index (χ4n) is 1.15. The molecule has 2 rings (SSSR count). The minimum Gasteiger partial charge on any atom is -0.354 e. The molecule has 0 saturated carbocycles. The van der Waals surface area contributed by atoms with E-state index in [9.17, 15) is 9.18 Å². The molecule has 1 amide bonds. The van der Waals surface area contributed by atoms with Crippen molar-refractivity contribution in [3.05, 3.63) is 22.7 Å². The lowest BCUT2D eigenvalue weighted by atomic mass is 10.2. The molecule has 1 aliphatic heterocycles. The van der Waals surface area contributed by atoms with Crippen molar-refractivity contribution in [2.45, 2.75) is 5.50 Å². The SMILES string of the molecule is O=C1NC(S)Nc2c1cnc(Cl)c2F. The topological polar surface area (TPSA) is 54.0 Å². The van der Waals surface area contributed by atoms with Gasteiger partial charge in [0.05, 0.1) is 11.3 Å². The Balaban J connectivity index is 2.59. The molecule has 1 atom stereocenters. The number of hydrogen-bond acceptors (Lipinski definition) is 4. The number of fused-ring (bicyclic) bond motifs is 1. The summed E-state index contributed by atoms with van der Waals surface area (Å²) >= 11 is 9.41. The van der Waals surface area contributed by atoms with Crippen molar-refractivity contribution < 1.29 is 9.18 Å².